The first-order valence-electron chi connectivity index (χ1n) is 4.64. The molecule has 0 spiro atoms. The highest BCUT2D eigenvalue weighted by Gasteiger charge is 2.23. The van der Waals surface area contributed by atoms with Gasteiger partial charge in [-0.3, -0.25) is 4.79 Å². The topological polar surface area (TPSA) is 41.1 Å². The number of piperazine rings is 1. The Bertz CT molecular complexity index is 189. The van der Waals surface area contributed by atoms with Gasteiger partial charge in [-0.05, 0) is 0 Å². The molecule has 13 heavy (non-hydrogen) atoms. The van der Waals surface area contributed by atoms with Crippen molar-refractivity contribution in [3.63, 3.8) is 0 Å². The SMILES string of the molecule is CC(C)(C)SCC1NCCNC1=O. The first-order chi connectivity index (χ1) is 5.99. The number of hydrogen-bond acceptors (Lipinski definition) is 3. The van der Waals surface area contributed by atoms with E-state index in [4.69, 9.17) is 0 Å². The lowest BCUT2D eigenvalue weighted by Gasteiger charge is -2.26. The second-order valence-corrected chi connectivity index (χ2v) is 6.07. The molecule has 0 aromatic rings. The third kappa shape index (κ3) is 4.00. The summed E-state index contributed by atoms with van der Waals surface area (Å²) < 4.78 is 0.236. The Morgan fingerprint density at radius 3 is 2.69 bits per heavy atom. The molecule has 4 heteroatoms. The van der Waals surface area contributed by atoms with Gasteiger partial charge in [0.2, 0.25) is 5.91 Å². The fourth-order valence-electron chi connectivity index (χ4n) is 1.12. The third-order valence-corrected chi connectivity index (χ3v) is 3.18. The van der Waals surface area contributed by atoms with Crippen LogP contribution < -0.4 is 10.6 Å². The van der Waals surface area contributed by atoms with Gasteiger partial charge in [0.25, 0.3) is 0 Å². The normalized spacial score (nSPS) is 24.2. The van der Waals surface area contributed by atoms with Crippen molar-refractivity contribution in [3.8, 4) is 0 Å². The first kappa shape index (κ1) is 10.9. The van der Waals surface area contributed by atoms with Crippen molar-refractivity contribution >= 4 is 17.7 Å². The Balaban J connectivity index is 2.31. The molecular formula is C9H18N2OS. The van der Waals surface area contributed by atoms with Crippen LogP contribution in [0.5, 0.6) is 0 Å². The summed E-state index contributed by atoms with van der Waals surface area (Å²) in [5, 5.41) is 6.06. The number of nitrogens with one attached hydrogen (secondary N) is 2. The van der Waals surface area contributed by atoms with Crippen LogP contribution in [-0.4, -0.2) is 35.5 Å². The van der Waals surface area contributed by atoms with Crippen LogP contribution in [0, 0.1) is 0 Å². The van der Waals surface area contributed by atoms with Crippen LogP contribution in [0.4, 0.5) is 0 Å². The highest BCUT2D eigenvalue weighted by Crippen LogP contribution is 2.23. The molecule has 2 N–H and O–H groups in total. The quantitative estimate of drug-likeness (QED) is 0.689. The molecule has 1 unspecified atom stereocenters. The minimum atomic E-state index is -0.00188. The molecule has 1 atom stereocenters. The van der Waals surface area contributed by atoms with E-state index in [1.165, 1.54) is 0 Å². The Kier molecular flexibility index (Phi) is 3.62. The monoisotopic (exact) mass is 202 g/mol. The Labute approximate surface area is 84.0 Å². The molecule has 1 heterocycles. The van der Waals surface area contributed by atoms with Gasteiger partial charge >= 0.3 is 0 Å². The molecule has 0 aromatic heterocycles. The van der Waals surface area contributed by atoms with Crippen LogP contribution in [0.2, 0.25) is 0 Å². The predicted octanol–water partition coefficient (Wildman–Crippen LogP) is 0.606. The van der Waals surface area contributed by atoms with Crippen molar-refractivity contribution in [1.82, 2.24) is 10.6 Å². The number of hydrogen-bond donors (Lipinski definition) is 2. The Hall–Kier alpha value is -0.220. The zero-order valence-electron chi connectivity index (χ0n) is 8.52. The molecule has 0 radical (unpaired) electrons. The third-order valence-electron chi connectivity index (χ3n) is 1.81. The van der Waals surface area contributed by atoms with Gasteiger partial charge in [0, 0.05) is 23.6 Å². The number of carbonyl (C=O) groups excluding carboxylic acids is 1. The highest BCUT2D eigenvalue weighted by atomic mass is 32.2. The average Bonchev–Trinajstić information content (AvgIpc) is 2.01. The minimum absolute atomic E-state index is 0.00188. The summed E-state index contributed by atoms with van der Waals surface area (Å²) in [4.78, 5) is 11.3. The van der Waals surface area contributed by atoms with Gasteiger partial charge in [0.05, 0.1) is 6.04 Å². The van der Waals surface area contributed by atoms with E-state index in [9.17, 15) is 4.79 Å². The Morgan fingerprint density at radius 2 is 2.15 bits per heavy atom. The van der Waals surface area contributed by atoms with Gasteiger partial charge in [0.1, 0.15) is 0 Å². The van der Waals surface area contributed by atoms with E-state index >= 15 is 0 Å². The van der Waals surface area contributed by atoms with Crippen LogP contribution in [0.1, 0.15) is 20.8 Å². The molecule has 0 saturated carbocycles. The van der Waals surface area contributed by atoms with Crippen molar-refractivity contribution < 1.29 is 4.79 Å². The van der Waals surface area contributed by atoms with E-state index in [-0.39, 0.29) is 16.7 Å². The van der Waals surface area contributed by atoms with E-state index in [1.54, 1.807) is 0 Å². The lowest BCUT2D eigenvalue weighted by molar-refractivity contribution is -0.123. The lowest BCUT2D eigenvalue weighted by atomic mass is 10.2. The van der Waals surface area contributed by atoms with Gasteiger partial charge in [-0.1, -0.05) is 20.8 Å². The molecule has 0 aliphatic carbocycles. The van der Waals surface area contributed by atoms with Crippen molar-refractivity contribution in [1.29, 1.82) is 0 Å². The maximum absolute atomic E-state index is 11.3. The summed E-state index contributed by atoms with van der Waals surface area (Å²) in [7, 11) is 0. The van der Waals surface area contributed by atoms with Crippen molar-refractivity contribution in [2.24, 2.45) is 0 Å². The van der Waals surface area contributed by atoms with Crippen LogP contribution >= 0.6 is 11.8 Å². The van der Waals surface area contributed by atoms with Crippen LogP contribution in [-0.2, 0) is 4.79 Å². The highest BCUT2D eigenvalue weighted by molar-refractivity contribution is 8.00. The zero-order valence-corrected chi connectivity index (χ0v) is 9.33. The minimum Gasteiger partial charge on any atom is -0.353 e. The number of thioether (sulfide) groups is 1. The molecule has 1 aliphatic rings. The molecule has 0 bridgehead atoms. The molecule has 1 rings (SSSR count). The summed E-state index contributed by atoms with van der Waals surface area (Å²) >= 11 is 1.82. The molecule has 1 amide bonds. The predicted molar refractivity (Wildman–Crippen MR) is 57.0 cm³/mol. The zero-order chi connectivity index (χ0) is 9.90. The van der Waals surface area contributed by atoms with Crippen molar-refractivity contribution in [2.45, 2.75) is 31.6 Å². The maximum atomic E-state index is 11.3. The maximum Gasteiger partial charge on any atom is 0.238 e. The summed E-state index contributed by atoms with van der Waals surface area (Å²) in [5.74, 6) is 0.998. The second-order valence-electron chi connectivity index (χ2n) is 4.22. The largest absolute Gasteiger partial charge is 0.353 e. The van der Waals surface area contributed by atoms with E-state index in [2.05, 4.69) is 31.4 Å². The van der Waals surface area contributed by atoms with Gasteiger partial charge in [-0.25, -0.2) is 0 Å². The van der Waals surface area contributed by atoms with Gasteiger partial charge in [0.15, 0.2) is 0 Å². The molecule has 1 aliphatic heterocycles. The van der Waals surface area contributed by atoms with Gasteiger partial charge < -0.3 is 10.6 Å². The lowest BCUT2D eigenvalue weighted by Crippen LogP contribution is -2.54. The van der Waals surface area contributed by atoms with E-state index < -0.39 is 0 Å². The van der Waals surface area contributed by atoms with E-state index in [0.717, 1.165) is 18.8 Å². The molecule has 0 aromatic carbocycles. The second kappa shape index (κ2) is 4.33. The fourth-order valence-corrected chi connectivity index (χ4v) is 2.05. The molecule has 1 saturated heterocycles. The number of carbonyl (C=O) groups is 1. The van der Waals surface area contributed by atoms with Gasteiger partial charge in [-0.2, -0.15) is 11.8 Å². The smallest absolute Gasteiger partial charge is 0.238 e. The Morgan fingerprint density at radius 1 is 1.46 bits per heavy atom. The first-order valence-corrected chi connectivity index (χ1v) is 5.63. The van der Waals surface area contributed by atoms with Crippen LogP contribution in [0.3, 0.4) is 0 Å². The van der Waals surface area contributed by atoms with Crippen LogP contribution in [0.15, 0.2) is 0 Å². The summed E-state index contributed by atoms with van der Waals surface area (Å²) in [5.41, 5.74) is 0. The standard InChI is InChI=1S/C9H18N2OS/c1-9(2,3)13-6-7-8(12)11-5-4-10-7/h7,10H,4-6H2,1-3H3,(H,11,12). The molecular weight excluding hydrogens is 184 g/mol. The molecule has 76 valence electrons. The molecule has 1 fully saturated rings. The summed E-state index contributed by atoms with van der Waals surface area (Å²) in [6.45, 7) is 8.14. The number of rotatable bonds is 2. The summed E-state index contributed by atoms with van der Waals surface area (Å²) in [6, 6.07) is -0.00188. The van der Waals surface area contributed by atoms with E-state index in [0.29, 0.717) is 0 Å². The van der Waals surface area contributed by atoms with Crippen LogP contribution in [0.25, 0.3) is 0 Å². The van der Waals surface area contributed by atoms with E-state index in [1.807, 2.05) is 11.8 Å². The van der Waals surface area contributed by atoms with Gasteiger partial charge in [-0.15, -0.1) is 0 Å². The molecule has 3 nitrogen and oxygen atoms in total. The van der Waals surface area contributed by atoms with Crippen molar-refractivity contribution in [3.05, 3.63) is 0 Å². The average molecular weight is 202 g/mol. The fraction of sp³-hybridized carbons (Fsp3) is 0.889. The summed E-state index contributed by atoms with van der Waals surface area (Å²) in [6.07, 6.45) is 0. The number of amides is 1. The van der Waals surface area contributed by atoms with Crippen molar-refractivity contribution in [2.75, 3.05) is 18.8 Å².